The highest BCUT2D eigenvalue weighted by molar-refractivity contribution is 7.12. The smallest absolute Gasteiger partial charge is 0.241 e. The summed E-state index contributed by atoms with van der Waals surface area (Å²) < 4.78 is 5.50. The number of nitrogens with one attached hydrogen (secondary N) is 1. The summed E-state index contributed by atoms with van der Waals surface area (Å²) in [4.78, 5) is 17.0. The summed E-state index contributed by atoms with van der Waals surface area (Å²) in [5.41, 5.74) is 0. The molecule has 0 radical (unpaired) electrons. The first-order chi connectivity index (χ1) is 9.58. The van der Waals surface area contributed by atoms with E-state index in [0.717, 1.165) is 6.42 Å². The maximum absolute atomic E-state index is 12.5. The normalized spacial score (nSPS) is 24.4. The predicted molar refractivity (Wildman–Crippen MR) is 81.8 cm³/mol. The molecular formula is C15H24N2O2S. The molecule has 1 N–H and O–H groups in total. The second-order valence-electron chi connectivity index (χ2n) is 5.23. The molecule has 3 atom stereocenters. The van der Waals surface area contributed by atoms with Crippen molar-refractivity contribution in [1.82, 2.24) is 10.2 Å². The number of hydrogen-bond acceptors (Lipinski definition) is 4. The van der Waals surface area contributed by atoms with Crippen molar-refractivity contribution in [2.24, 2.45) is 0 Å². The fourth-order valence-corrected chi connectivity index (χ4v) is 3.54. The highest BCUT2D eigenvalue weighted by Crippen LogP contribution is 2.32. The van der Waals surface area contributed by atoms with Gasteiger partial charge >= 0.3 is 0 Å². The van der Waals surface area contributed by atoms with E-state index in [4.69, 9.17) is 4.74 Å². The van der Waals surface area contributed by atoms with Crippen molar-refractivity contribution in [3.63, 3.8) is 0 Å². The summed E-state index contributed by atoms with van der Waals surface area (Å²) in [5.74, 6) is 0.191. The second-order valence-corrected chi connectivity index (χ2v) is 6.55. The van der Waals surface area contributed by atoms with Crippen LogP contribution in [0.25, 0.3) is 0 Å². The SMILES string of the molecule is CCOCC(C)N1C(=O)C(CC)NC1c1ccc(C)s1. The van der Waals surface area contributed by atoms with Crippen LogP contribution in [0.2, 0.25) is 0 Å². The molecule has 20 heavy (non-hydrogen) atoms. The van der Waals surface area contributed by atoms with Crippen LogP contribution in [0, 0.1) is 6.92 Å². The standard InChI is InChI=1S/C15H24N2O2S/c1-5-12-15(18)17(10(3)9-19-6-2)14(16-12)13-8-7-11(4)20-13/h7-8,10,12,14,16H,5-6,9H2,1-4H3. The zero-order valence-electron chi connectivity index (χ0n) is 12.7. The molecule has 112 valence electrons. The van der Waals surface area contributed by atoms with Crippen molar-refractivity contribution >= 4 is 17.2 Å². The molecule has 2 rings (SSSR count). The average molecular weight is 296 g/mol. The van der Waals surface area contributed by atoms with Crippen molar-refractivity contribution in [3.05, 3.63) is 21.9 Å². The van der Waals surface area contributed by atoms with E-state index in [1.54, 1.807) is 11.3 Å². The molecule has 4 nitrogen and oxygen atoms in total. The molecule has 1 amide bonds. The van der Waals surface area contributed by atoms with Crippen LogP contribution in [0.4, 0.5) is 0 Å². The van der Waals surface area contributed by atoms with Crippen LogP contribution < -0.4 is 5.32 Å². The molecule has 1 saturated heterocycles. The Bertz CT molecular complexity index is 460. The Morgan fingerprint density at radius 2 is 2.20 bits per heavy atom. The Hall–Kier alpha value is -0.910. The molecule has 1 aliphatic rings. The Kier molecular flexibility index (Phi) is 5.18. The van der Waals surface area contributed by atoms with Crippen LogP contribution in [-0.4, -0.2) is 36.1 Å². The van der Waals surface area contributed by atoms with Gasteiger partial charge in [0.05, 0.1) is 18.7 Å². The second kappa shape index (κ2) is 6.70. The molecule has 0 aliphatic carbocycles. The van der Waals surface area contributed by atoms with E-state index < -0.39 is 0 Å². The number of rotatable bonds is 6. The van der Waals surface area contributed by atoms with Crippen molar-refractivity contribution in [1.29, 1.82) is 0 Å². The zero-order chi connectivity index (χ0) is 14.7. The van der Waals surface area contributed by atoms with Gasteiger partial charge in [0, 0.05) is 16.4 Å². The number of thiophene rings is 1. The minimum absolute atomic E-state index is 0.0124. The van der Waals surface area contributed by atoms with Crippen molar-refractivity contribution in [2.75, 3.05) is 13.2 Å². The van der Waals surface area contributed by atoms with Crippen molar-refractivity contribution in [2.45, 2.75) is 52.4 Å². The number of hydrogen-bond donors (Lipinski definition) is 1. The Labute approximate surface area is 125 Å². The van der Waals surface area contributed by atoms with E-state index in [9.17, 15) is 4.79 Å². The van der Waals surface area contributed by atoms with Gasteiger partial charge < -0.3 is 9.64 Å². The molecule has 0 bridgehead atoms. The molecule has 0 spiro atoms. The molecule has 3 unspecified atom stereocenters. The molecule has 2 heterocycles. The van der Waals surface area contributed by atoms with Crippen LogP contribution in [0.3, 0.4) is 0 Å². The quantitative estimate of drug-likeness (QED) is 0.877. The lowest BCUT2D eigenvalue weighted by molar-refractivity contribution is -0.133. The van der Waals surface area contributed by atoms with Gasteiger partial charge in [-0.05, 0) is 39.3 Å². The predicted octanol–water partition coefficient (Wildman–Crippen LogP) is 2.69. The van der Waals surface area contributed by atoms with Gasteiger partial charge in [0.15, 0.2) is 0 Å². The maximum atomic E-state index is 12.5. The average Bonchev–Trinajstić information content (AvgIpc) is 2.99. The van der Waals surface area contributed by atoms with Gasteiger partial charge in [-0.1, -0.05) is 6.92 Å². The summed E-state index contributed by atoms with van der Waals surface area (Å²) in [5, 5.41) is 3.46. The summed E-state index contributed by atoms with van der Waals surface area (Å²) in [6, 6.07) is 4.23. The highest BCUT2D eigenvalue weighted by atomic mass is 32.1. The molecule has 1 aromatic rings. The number of carbonyl (C=O) groups is 1. The first-order valence-corrected chi connectivity index (χ1v) is 8.12. The molecular weight excluding hydrogens is 272 g/mol. The van der Waals surface area contributed by atoms with Crippen LogP contribution in [-0.2, 0) is 9.53 Å². The minimum atomic E-state index is -0.0773. The number of amides is 1. The fraction of sp³-hybridized carbons (Fsp3) is 0.667. The first kappa shape index (κ1) is 15.5. The van der Waals surface area contributed by atoms with E-state index in [2.05, 4.69) is 31.3 Å². The molecule has 0 aromatic carbocycles. The Balaban J connectivity index is 2.21. The van der Waals surface area contributed by atoms with Gasteiger partial charge in [0.2, 0.25) is 5.91 Å². The van der Waals surface area contributed by atoms with Gasteiger partial charge in [0.25, 0.3) is 0 Å². The Morgan fingerprint density at radius 3 is 2.75 bits per heavy atom. The van der Waals surface area contributed by atoms with E-state index in [1.165, 1.54) is 9.75 Å². The lowest BCUT2D eigenvalue weighted by Crippen LogP contribution is -2.40. The Morgan fingerprint density at radius 1 is 1.45 bits per heavy atom. The zero-order valence-corrected chi connectivity index (χ0v) is 13.5. The third-order valence-corrected chi connectivity index (χ3v) is 4.72. The van der Waals surface area contributed by atoms with Gasteiger partial charge in [-0.15, -0.1) is 11.3 Å². The van der Waals surface area contributed by atoms with Crippen molar-refractivity contribution < 1.29 is 9.53 Å². The van der Waals surface area contributed by atoms with E-state index >= 15 is 0 Å². The van der Waals surface area contributed by atoms with Crippen LogP contribution >= 0.6 is 11.3 Å². The van der Waals surface area contributed by atoms with E-state index in [0.29, 0.717) is 13.2 Å². The third kappa shape index (κ3) is 3.05. The minimum Gasteiger partial charge on any atom is -0.380 e. The topological polar surface area (TPSA) is 41.6 Å². The lowest BCUT2D eigenvalue weighted by Gasteiger charge is -2.29. The van der Waals surface area contributed by atoms with Gasteiger partial charge in [0.1, 0.15) is 6.17 Å². The van der Waals surface area contributed by atoms with Gasteiger partial charge in [-0.3, -0.25) is 10.1 Å². The van der Waals surface area contributed by atoms with E-state index in [1.807, 2.05) is 18.7 Å². The number of nitrogens with zero attached hydrogens (tertiary/aromatic N) is 1. The van der Waals surface area contributed by atoms with Gasteiger partial charge in [-0.2, -0.15) is 0 Å². The summed E-state index contributed by atoms with van der Waals surface area (Å²) >= 11 is 1.75. The summed E-state index contributed by atoms with van der Waals surface area (Å²) in [7, 11) is 0. The largest absolute Gasteiger partial charge is 0.380 e. The van der Waals surface area contributed by atoms with Gasteiger partial charge in [-0.25, -0.2) is 0 Å². The van der Waals surface area contributed by atoms with Crippen molar-refractivity contribution in [3.8, 4) is 0 Å². The maximum Gasteiger partial charge on any atom is 0.241 e. The number of aryl methyl sites for hydroxylation is 1. The number of ether oxygens (including phenoxy) is 1. The molecule has 1 aromatic heterocycles. The molecule has 1 aliphatic heterocycles. The lowest BCUT2D eigenvalue weighted by atomic mass is 10.2. The first-order valence-electron chi connectivity index (χ1n) is 7.30. The highest BCUT2D eigenvalue weighted by Gasteiger charge is 2.41. The molecule has 1 fully saturated rings. The number of carbonyl (C=O) groups excluding carboxylic acids is 1. The monoisotopic (exact) mass is 296 g/mol. The van der Waals surface area contributed by atoms with E-state index in [-0.39, 0.29) is 24.2 Å². The fourth-order valence-electron chi connectivity index (χ4n) is 2.60. The molecule has 5 heteroatoms. The molecule has 0 saturated carbocycles. The third-order valence-electron chi connectivity index (χ3n) is 3.67. The van der Waals surface area contributed by atoms with Crippen LogP contribution in [0.5, 0.6) is 0 Å². The van der Waals surface area contributed by atoms with Crippen LogP contribution in [0.15, 0.2) is 12.1 Å². The summed E-state index contributed by atoms with van der Waals surface area (Å²) in [6.45, 7) is 9.44. The summed E-state index contributed by atoms with van der Waals surface area (Å²) in [6.07, 6.45) is 0.805. The van der Waals surface area contributed by atoms with Crippen LogP contribution in [0.1, 0.15) is 43.1 Å².